The Morgan fingerprint density at radius 1 is 1.00 bits per heavy atom. The van der Waals surface area contributed by atoms with E-state index in [0.29, 0.717) is 32.1 Å². The topological polar surface area (TPSA) is 49.3 Å². The summed E-state index contributed by atoms with van der Waals surface area (Å²) in [5, 5.41) is 12.5. The molecule has 0 aromatic heterocycles. The zero-order valence-corrected chi connectivity index (χ0v) is 11.5. The van der Waals surface area contributed by atoms with Crippen LogP contribution < -0.4 is 5.32 Å². The van der Waals surface area contributed by atoms with Crippen LogP contribution in [-0.4, -0.2) is 29.3 Å². The van der Waals surface area contributed by atoms with Crippen LogP contribution in [0.5, 0.6) is 0 Å². The van der Waals surface area contributed by atoms with Crippen LogP contribution in [0.15, 0.2) is 0 Å². The van der Waals surface area contributed by atoms with Gasteiger partial charge in [-0.15, -0.1) is 0 Å². The Morgan fingerprint density at radius 2 is 1.60 bits per heavy atom. The maximum absolute atomic E-state index is 13.0. The van der Waals surface area contributed by atoms with Crippen LogP contribution in [0.3, 0.4) is 0 Å². The van der Waals surface area contributed by atoms with E-state index in [1.807, 2.05) is 0 Å². The quantitative estimate of drug-likeness (QED) is 0.822. The lowest BCUT2D eigenvalue weighted by Crippen LogP contribution is -2.50. The summed E-state index contributed by atoms with van der Waals surface area (Å²) in [7, 11) is 0. The van der Waals surface area contributed by atoms with Crippen molar-refractivity contribution in [1.82, 2.24) is 5.32 Å². The van der Waals surface area contributed by atoms with Crippen molar-refractivity contribution in [3.8, 4) is 0 Å². The summed E-state index contributed by atoms with van der Waals surface area (Å²) in [5.74, 6) is -3.05. The number of nitrogens with one attached hydrogen (secondary N) is 1. The first-order chi connectivity index (χ1) is 9.39. The molecular formula is C14H22F3NO2. The van der Waals surface area contributed by atoms with Crippen LogP contribution in [0.4, 0.5) is 13.2 Å². The lowest BCUT2D eigenvalue weighted by molar-refractivity contribution is -0.198. The lowest BCUT2D eigenvalue weighted by Gasteiger charge is -2.35. The molecule has 3 nitrogen and oxygen atoms in total. The van der Waals surface area contributed by atoms with E-state index < -0.39 is 30.0 Å². The average molecular weight is 293 g/mol. The summed E-state index contributed by atoms with van der Waals surface area (Å²) in [6.07, 6.45) is -0.355. The monoisotopic (exact) mass is 293 g/mol. The fourth-order valence-electron chi connectivity index (χ4n) is 3.41. The summed E-state index contributed by atoms with van der Waals surface area (Å²) in [5.41, 5.74) is 0. The second-order valence-corrected chi connectivity index (χ2v) is 6.01. The molecule has 0 aromatic carbocycles. The van der Waals surface area contributed by atoms with E-state index in [2.05, 4.69) is 5.32 Å². The van der Waals surface area contributed by atoms with E-state index in [9.17, 15) is 23.1 Å². The van der Waals surface area contributed by atoms with Crippen LogP contribution in [0, 0.1) is 11.8 Å². The van der Waals surface area contributed by atoms with Gasteiger partial charge in [-0.1, -0.05) is 25.7 Å². The molecule has 0 aromatic rings. The number of amides is 1. The SMILES string of the molecule is O=C(N[C@H]1CCCC[C@@H]1O)C1CCCCC1C(F)(F)F. The van der Waals surface area contributed by atoms with Gasteiger partial charge in [0.2, 0.25) is 5.91 Å². The average Bonchev–Trinajstić information content (AvgIpc) is 2.40. The van der Waals surface area contributed by atoms with Crippen LogP contribution in [-0.2, 0) is 4.79 Å². The molecule has 0 saturated heterocycles. The molecule has 2 unspecified atom stereocenters. The molecule has 116 valence electrons. The first-order valence-corrected chi connectivity index (χ1v) is 7.44. The van der Waals surface area contributed by atoms with Gasteiger partial charge in [0, 0.05) is 5.92 Å². The molecular weight excluding hydrogens is 271 g/mol. The zero-order chi connectivity index (χ0) is 14.8. The Balaban J connectivity index is 1.99. The van der Waals surface area contributed by atoms with Gasteiger partial charge in [-0.05, 0) is 25.7 Å². The zero-order valence-electron chi connectivity index (χ0n) is 11.5. The third kappa shape index (κ3) is 3.65. The van der Waals surface area contributed by atoms with Gasteiger partial charge in [-0.25, -0.2) is 0 Å². The largest absolute Gasteiger partial charge is 0.392 e. The molecule has 2 N–H and O–H groups in total. The smallest absolute Gasteiger partial charge is 0.391 e. The van der Waals surface area contributed by atoms with Crippen molar-refractivity contribution >= 4 is 5.91 Å². The minimum absolute atomic E-state index is 0.0365. The van der Waals surface area contributed by atoms with Crippen molar-refractivity contribution in [1.29, 1.82) is 0 Å². The number of carbonyl (C=O) groups excluding carboxylic acids is 1. The van der Waals surface area contributed by atoms with E-state index in [1.165, 1.54) is 0 Å². The molecule has 2 aliphatic carbocycles. The second-order valence-electron chi connectivity index (χ2n) is 6.01. The molecule has 0 radical (unpaired) electrons. The first-order valence-electron chi connectivity index (χ1n) is 7.44. The molecule has 20 heavy (non-hydrogen) atoms. The molecule has 0 bridgehead atoms. The summed E-state index contributed by atoms with van der Waals surface area (Å²) in [6.45, 7) is 0. The van der Waals surface area contributed by atoms with E-state index in [-0.39, 0.29) is 12.5 Å². The van der Waals surface area contributed by atoms with Crippen LogP contribution in [0.1, 0.15) is 51.4 Å². The Bertz CT molecular complexity index is 346. The highest BCUT2D eigenvalue weighted by Crippen LogP contribution is 2.41. The molecule has 2 rings (SSSR count). The summed E-state index contributed by atoms with van der Waals surface area (Å²) in [6, 6.07) is -0.382. The Hall–Kier alpha value is -0.780. The van der Waals surface area contributed by atoms with Gasteiger partial charge in [0.15, 0.2) is 0 Å². The Labute approximate surface area is 116 Å². The number of halogens is 3. The van der Waals surface area contributed by atoms with Gasteiger partial charge < -0.3 is 10.4 Å². The van der Waals surface area contributed by atoms with E-state index >= 15 is 0 Å². The van der Waals surface area contributed by atoms with Gasteiger partial charge in [0.1, 0.15) is 0 Å². The number of carbonyl (C=O) groups is 1. The number of alkyl halides is 3. The molecule has 0 spiro atoms. The predicted molar refractivity (Wildman–Crippen MR) is 67.9 cm³/mol. The third-order valence-electron chi connectivity index (χ3n) is 4.58. The van der Waals surface area contributed by atoms with Crippen LogP contribution >= 0.6 is 0 Å². The normalized spacial score (nSPS) is 35.6. The highest BCUT2D eigenvalue weighted by atomic mass is 19.4. The number of aliphatic hydroxyl groups excluding tert-OH is 1. The molecule has 0 aliphatic heterocycles. The molecule has 1 amide bonds. The standard InChI is InChI=1S/C14H22F3NO2/c15-14(16,17)10-6-2-1-5-9(10)13(20)18-11-7-3-4-8-12(11)19/h9-12,19H,1-8H2,(H,18,20)/t9?,10?,11-,12-/m0/s1. The number of hydrogen-bond donors (Lipinski definition) is 2. The van der Waals surface area contributed by atoms with Gasteiger partial charge >= 0.3 is 6.18 Å². The summed E-state index contributed by atoms with van der Waals surface area (Å²) < 4.78 is 38.9. The lowest BCUT2D eigenvalue weighted by atomic mass is 9.78. The maximum Gasteiger partial charge on any atom is 0.392 e. The molecule has 4 atom stereocenters. The van der Waals surface area contributed by atoms with Gasteiger partial charge in [0.05, 0.1) is 18.1 Å². The minimum Gasteiger partial charge on any atom is -0.391 e. The van der Waals surface area contributed by atoms with Gasteiger partial charge in [-0.3, -0.25) is 4.79 Å². The predicted octanol–water partition coefficient (Wildman–Crippen LogP) is 2.77. The fraction of sp³-hybridized carbons (Fsp3) is 0.929. The van der Waals surface area contributed by atoms with Crippen molar-refractivity contribution in [2.75, 3.05) is 0 Å². The van der Waals surface area contributed by atoms with Crippen LogP contribution in [0.25, 0.3) is 0 Å². The summed E-state index contributed by atoms with van der Waals surface area (Å²) >= 11 is 0. The third-order valence-corrected chi connectivity index (χ3v) is 4.58. The Kier molecular flexibility index (Phi) is 4.94. The molecule has 2 fully saturated rings. The molecule has 0 heterocycles. The van der Waals surface area contributed by atoms with Gasteiger partial charge in [0.25, 0.3) is 0 Å². The highest BCUT2D eigenvalue weighted by molar-refractivity contribution is 5.79. The first kappa shape index (κ1) is 15.6. The summed E-state index contributed by atoms with van der Waals surface area (Å²) in [4.78, 5) is 12.1. The van der Waals surface area contributed by atoms with E-state index in [1.54, 1.807) is 0 Å². The molecule has 2 saturated carbocycles. The highest BCUT2D eigenvalue weighted by Gasteiger charge is 2.48. The molecule has 6 heteroatoms. The van der Waals surface area contributed by atoms with Crippen molar-refractivity contribution in [2.24, 2.45) is 11.8 Å². The van der Waals surface area contributed by atoms with Crippen molar-refractivity contribution < 1.29 is 23.1 Å². The van der Waals surface area contributed by atoms with Crippen LogP contribution in [0.2, 0.25) is 0 Å². The van der Waals surface area contributed by atoms with Crippen molar-refractivity contribution in [3.63, 3.8) is 0 Å². The number of rotatable bonds is 2. The van der Waals surface area contributed by atoms with E-state index in [4.69, 9.17) is 0 Å². The maximum atomic E-state index is 13.0. The number of aliphatic hydroxyl groups is 1. The molecule has 2 aliphatic rings. The minimum atomic E-state index is -4.31. The number of hydrogen-bond acceptors (Lipinski definition) is 2. The fourth-order valence-corrected chi connectivity index (χ4v) is 3.41. The van der Waals surface area contributed by atoms with E-state index in [0.717, 1.165) is 12.8 Å². The Morgan fingerprint density at radius 3 is 2.25 bits per heavy atom. The van der Waals surface area contributed by atoms with Crippen molar-refractivity contribution in [3.05, 3.63) is 0 Å². The second kappa shape index (κ2) is 6.33. The van der Waals surface area contributed by atoms with Gasteiger partial charge in [-0.2, -0.15) is 13.2 Å². The van der Waals surface area contributed by atoms with Crippen molar-refractivity contribution in [2.45, 2.75) is 69.7 Å².